The number of halogens is 1. The van der Waals surface area contributed by atoms with Crippen LogP contribution in [0.4, 0.5) is 5.69 Å². The maximum Gasteiger partial charge on any atom is 0.337 e. The first-order chi connectivity index (χ1) is 13.1. The lowest BCUT2D eigenvalue weighted by atomic mass is 10.2. The summed E-state index contributed by atoms with van der Waals surface area (Å²) in [5, 5.41) is 10.4. The van der Waals surface area contributed by atoms with Gasteiger partial charge in [0.05, 0.1) is 29.1 Å². The Hall–Kier alpha value is -2.84. The third-order valence-electron chi connectivity index (χ3n) is 3.51. The molecule has 0 aliphatic heterocycles. The van der Waals surface area contributed by atoms with Crippen LogP contribution in [-0.4, -0.2) is 39.9 Å². The van der Waals surface area contributed by atoms with Crippen LogP contribution in [0.5, 0.6) is 0 Å². The molecule has 7 nitrogen and oxygen atoms in total. The van der Waals surface area contributed by atoms with Crippen LogP contribution in [0.2, 0.25) is 5.02 Å². The summed E-state index contributed by atoms with van der Waals surface area (Å²) in [6.45, 7) is 0. The molecule has 0 saturated heterocycles. The molecule has 3 rings (SSSR count). The number of rotatable bonds is 6. The zero-order valence-electron chi connectivity index (χ0n) is 14.2. The Bertz CT molecular complexity index is 962. The summed E-state index contributed by atoms with van der Waals surface area (Å²) < 4.78 is 4.66. The van der Waals surface area contributed by atoms with Crippen molar-refractivity contribution in [2.45, 2.75) is 5.16 Å². The minimum absolute atomic E-state index is 0.0882. The number of H-pyrrole nitrogens is 1. The van der Waals surface area contributed by atoms with E-state index in [1.54, 1.807) is 0 Å². The predicted molar refractivity (Wildman–Crippen MR) is 104 cm³/mol. The Labute approximate surface area is 164 Å². The third kappa shape index (κ3) is 4.87. The van der Waals surface area contributed by atoms with E-state index >= 15 is 0 Å². The summed E-state index contributed by atoms with van der Waals surface area (Å²) >= 11 is 7.26. The first-order valence-corrected chi connectivity index (χ1v) is 9.21. The van der Waals surface area contributed by atoms with Crippen LogP contribution in [0, 0.1) is 0 Å². The number of hydrogen-bond acceptors (Lipinski definition) is 6. The minimum atomic E-state index is -0.509. The number of carbonyl (C=O) groups is 2. The molecule has 0 radical (unpaired) electrons. The first-order valence-electron chi connectivity index (χ1n) is 7.85. The lowest BCUT2D eigenvalue weighted by Crippen LogP contribution is -2.15. The molecule has 0 aliphatic carbocycles. The Morgan fingerprint density at radius 1 is 1.22 bits per heavy atom. The summed E-state index contributed by atoms with van der Waals surface area (Å²) in [7, 11) is 1.28. The van der Waals surface area contributed by atoms with Gasteiger partial charge in [-0.15, -0.1) is 5.10 Å². The quantitative estimate of drug-likeness (QED) is 0.482. The number of nitrogens with zero attached hydrogens (tertiary/aromatic N) is 2. The van der Waals surface area contributed by atoms with Crippen molar-refractivity contribution in [1.29, 1.82) is 0 Å². The maximum absolute atomic E-state index is 12.2. The van der Waals surface area contributed by atoms with Gasteiger partial charge in [-0.2, -0.15) is 0 Å². The van der Waals surface area contributed by atoms with Crippen molar-refractivity contribution in [3.63, 3.8) is 0 Å². The lowest BCUT2D eigenvalue weighted by molar-refractivity contribution is -0.113. The molecular weight excluding hydrogens is 388 g/mol. The number of aromatic nitrogens is 3. The van der Waals surface area contributed by atoms with Gasteiger partial charge in [0, 0.05) is 5.56 Å². The van der Waals surface area contributed by atoms with Crippen molar-refractivity contribution >= 4 is 40.9 Å². The maximum atomic E-state index is 12.2. The van der Waals surface area contributed by atoms with E-state index in [0.29, 0.717) is 27.3 Å². The van der Waals surface area contributed by atoms with E-state index in [1.165, 1.54) is 37.1 Å². The van der Waals surface area contributed by atoms with Crippen LogP contribution in [0.15, 0.2) is 53.7 Å². The highest BCUT2D eigenvalue weighted by molar-refractivity contribution is 7.99. The Balaban J connectivity index is 1.61. The topological polar surface area (TPSA) is 97.0 Å². The molecular formula is C18H15ClN4O3S. The smallest absolute Gasteiger partial charge is 0.337 e. The number of benzene rings is 2. The highest BCUT2D eigenvalue weighted by atomic mass is 35.5. The molecule has 0 bridgehead atoms. The van der Waals surface area contributed by atoms with Crippen LogP contribution in [0.1, 0.15) is 10.4 Å². The summed E-state index contributed by atoms with van der Waals surface area (Å²) in [4.78, 5) is 28.1. The average Bonchev–Trinajstić information content (AvgIpc) is 3.17. The average molecular weight is 403 g/mol. The van der Waals surface area contributed by atoms with Gasteiger partial charge in [0.25, 0.3) is 0 Å². The molecule has 0 saturated carbocycles. The van der Waals surface area contributed by atoms with Gasteiger partial charge in [-0.05, 0) is 18.2 Å². The van der Waals surface area contributed by atoms with Crippen LogP contribution >= 0.6 is 23.4 Å². The number of thioether (sulfide) groups is 1. The van der Waals surface area contributed by atoms with Crippen molar-refractivity contribution in [1.82, 2.24) is 15.2 Å². The molecule has 0 fully saturated rings. The second-order valence-corrected chi connectivity index (χ2v) is 6.71. The molecule has 9 heteroatoms. The molecule has 27 heavy (non-hydrogen) atoms. The third-order valence-corrected chi connectivity index (χ3v) is 4.68. The van der Waals surface area contributed by atoms with E-state index in [2.05, 4.69) is 25.2 Å². The van der Waals surface area contributed by atoms with Crippen molar-refractivity contribution < 1.29 is 14.3 Å². The number of carbonyl (C=O) groups excluding carboxylic acids is 2. The van der Waals surface area contributed by atoms with Gasteiger partial charge in [-0.25, -0.2) is 9.78 Å². The highest BCUT2D eigenvalue weighted by Gasteiger charge is 2.13. The molecule has 138 valence electrons. The van der Waals surface area contributed by atoms with Crippen LogP contribution in [0.3, 0.4) is 0 Å². The van der Waals surface area contributed by atoms with Gasteiger partial charge < -0.3 is 10.1 Å². The first kappa shape index (κ1) is 18.9. The summed E-state index contributed by atoms with van der Waals surface area (Å²) in [6, 6.07) is 14.1. The molecule has 0 atom stereocenters. The normalized spacial score (nSPS) is 10.4. The second kappa shape index (κ2) is 8.70. The van der Waals surface area contributed by atoms with E-state index in [0.717, 1.165) is 5.56 Å². The summed E-state index contributed by atoms with van der Waals surface area (Å²) in [6.07, 6.45) is 0. The number of hydrogen-bond donors (Lipinski definition) is 2. The summed E-state index contributed by atoms with van der Waals surface area (Å²) in [5.41, 5.74) is 1.55. The molecule has 3 aromatic rings. The number of nitrogens with one attached hydrogen (secondary N) is 2. The zero-order valence-corrected chi connectivity index (χ0v) is 15.8. The van der Waals surface area contributed by atoms with Gasteiger partial charge in [0.1, 0.15) is 0 Å². The van der Waals surface area contributed by atoms with Gasteiger partial charge in [0.15, 0.2) is 5.82 Å². The van der Waals surface area contributed by atoms with Crippen LogP contribution < -0.4 is 5.32 Å². The van der Waals surface area contributed by atoms with Crippen molar-refractivity contribution in [3.8, 4) is 11.4 Å². The second-order valence-electron chi connectivity index (χ2n) is 5.36. The fraction of sp³-hybridized carbons (Fsp3) is 0.111. The van der Waals surface area contributed by atoms with E-state index < -0.39 is 5.97 Å². The minimum Gasteiger partial charge on any atom is -0.465 e. The van der Waals surface area contributed by atoms with Gasteiger partial charge in [-0.1, -0.05) is 53.7 Å². The number of esters is 1. The predicted octanol–water partition coefficient (Wildman–Crippen LogP) is 3.64. The molecule has 2 N–H and O–H groups in total. The Kier molecular flexibility index (Phi) is 6.10. The van der Waals surface area contributed by atoms with Gasteiger partial charge in [0.2, 0.25) is 11.1 Å². The fourth-order valence-electron chi connectivity index (χ4n) is 2.22. The number of methoxy groups -OCH3 is 1. The van der Waals surface area contributed by atoms with E-state index in [1.807, 2.05) is 30.3 Å². The van der Waals surface area contributed by atoms with Crippen LogP contribution in [-0.2, 0) is 9.53 Å². The number of aromatic amines is 1. The molecule has 0 aliphatic rings. The van der Waals surface area contributed by atoms with Gasteiger partial charge in [-0.3, -0.25) is 9.89 Å². The molecule has 1 heterocycles. The number of amides is 1. The molecule has 0 unspecified atom stereocenters. The standard InChI is InChI=1S/C18H15ClN4O3S/c1-26-17(25)12-7-8-13(19)14(9-12)20-15(24)10-27-18-21-16(22-23-18)11-5-3-2-4-6-11/h2-9H,10H2,1H3,(H,20,24)(H,21,22,23). The zero-order chi connectivity index (χ0) is 19.2. The molecule has 1 aromatic heterocycles. The Morgan fingerprint density at radius 3 is 2.74 bits per heavy atom. The van der Waals surface area contributed by atoms with Gasteiger partial charge >= 0.3 is 5.97 Å². The van der Waals surface area contributed by atoms with Crippen LogP contribution in [0.25, 0.3) is 11.4 Å². The van der Waals surface area contributed by atoms with Crippen molar-refractivity contribution in [2.75, 3.05) is 18.2 Å². The summed E-state index contributed by atoms with van der Waals surface area (Å²) in [5.74, 6) is -0.0850. The SMILES string of the molecule is COC(=O)c1ccc(Cl)c(NC(=O)CSc2n[nH]c(-c3ccccc3)n2)c1. The highest BCUT2D eigenvalue weighted by Crippen LogP contribution is 2.24. The molecule has 0 spiro atoms. The largest absolute Gasteiger partial charge is 0.465 e. The monoisotopic (exact) mass is 402 g/mol. The number of ether oxygens (including phenoxy) is 1. The van der Waals surface area contributed by atoms with Crippen molar-refractivity contribution in [2.24, 2.45) is 0 Å². The fourth-order valence-corrected chi connectivity index (χ4v) is 2.98. The lowest BCUT2D eigenvalue weighted by Gasteiger charge is -2.08. The van der Waals surface area contributed by atoms with E-state index in [-0.39, 0.29) is 11.7 Å². The Morgan fingerprint density at radius 2 is 2.00 bits per heavy atom. The van der Waals surface area contributed by atoms with E-state index in [9.17, 15) is 9.59 Å². The number of anilines is 1. The molecule has 1 amide bonds. The van der Waals surface area contributed by atoms with Crippen molar-refractivity contribution in [3.05, 3.63) is 59.1 Å². The molecule has 2 aromatic carbocycles. The van der Waals surface area contributed by atoms with E-state index in [4.69, 9.17) is 11.6 Å².